The van der Waals surface area contributed by atoms with E-state index < -0.39 is 34.8 Å². The number of methoxy groups -OCH3 is 2. The average Bonchev–Trinajstić information content (AvgIpc) is 3.22. The molecule has 7 nitrogen and oxygen atoms in total. The number of carbonyl (C=O) groups is 2. The van der Waals surface area contributed by atoms with E-state index in [1.165, 1.54) is 20.4 Å². The minimum absolute atomic E-state index is 0.0552. The number of ketones is 1. The number of hydrogen-bond acceptors (Lipinski definition) is 7. The number of benzene rings is 2. The summed E-state index contributed by atoms with van der Waals surface area (Å²) in [6, 6.07) is 17.8. The van der Waals surface area contributed by atoms with Gasteiger partial charge in [0.05, 0.1) is 25.7 Å². The van der Waals surface area contributed by atoms with Crippen LogP contribution in [-0.4, -0.2) is 36.1 Å². The fourth-order valence-corrected chi connectivity index (χ4v) is 5.50. The lowest BCUT2D eigenvalue weighted by atomic mass is 9.71. The highest BCUT2D eigenvalue weighted by Gasteiger charge is 2.79. The summed E-state index contributed by atoms with van der Waals surface area (Å²) < 4.78 is 17.8. The summed E-state index contributed by atoms with van der Waals surface area (Å²) in [5.74, 6) is -3.35. The van der Waals surface area contributed by atoms with E-state index >= 15 is 0 Å². The molecule has 0 unspecified atom stereocenters. The molecule has 1 fully saturated rings. The first-order valence-corrected chi connectivity index (χ1v) is 11.1. The van der Waals surface area contributed by atoms with Crippen molar-refractivity contribution in [3.8, 4) is 11.6 Å². The monoisotopic (exact) mass is 509 g/mol. The first-order chi connectivity index (χ1) is 15.9. The molecule has 1 N–H and O–H groups in total. The molecule has 8 heteroatoms. The molecule has 0 amide bonds. The van der Waals surface area contributed by atoms with E-state index in [1.54, 1.807) is 30.3 Å². The number of halogens is 1. The largest absolute Gasteiger partial charge is 0.481 e. The van der Waals surface area contributed by atoms with E-state index in [0.29, 0.717) is 11.1 Å². The van der Waals surface area contributed by atoms with Crippen molar-refractivity contribution in [2.45, 2.75) is 17.1 Å². The average molecular weight is 510 g/mol. The van der Waals surface area contributed by atoms with Gasteiger partial charge in [0.15, 0.2) is 11.4 Å². The van der Waals surface area contributed by atoms with Crippen LogP contribution in [0.3, 0.4) is 0 Å². The van der Waals surface area contributed by atoms with Gasteiger partial charge >= 0.3 is 5.97 Å². The zero-order valence-corrected chi connectivity index (χ0v) is 19.4. The summed E-state index contributed by atoms with van der Waals surface area (Å²) in [6.45, 7) is 0. The smallest absolute Gasteiger partial charge is 0.317 e. The molecular formula is C25H20BrNO6. The number of nitrogens with zero attached hydrogens (tertiary/aromatic N) is 1. The van der Waals surface area contributed by atoms with Crippen molar-refractivity contribution in [3.05, 3.63) is 88.0 Å². The summed E-state index contributed by atoms with van der Waals surface area (Å²) in [5.41, 5.74) is -2.63. The third-order valence-electron chi connectivity index (χ3n) is 6.54. The molecule has 0 bridgehead atoms. The van der Waals surface area contributed by atoms with Crippen LogP contribution in [0.4, 0.5) is 0 Å². The van der Waals surface area contributed by atoms with Crippen molar-refractivity contribution < 1.29 is 28.9 Å². The number of esters is 1. The minimum atomic E-state index is -2.25. The topological polar surface area (TPSA) is 95.0 Å². The van der Waals surface area contributed by atoms with Crippen LogP contribution in [-0.2, 0) is 25.5 Å². The highest BCUT2D eigenvalue weighted by atomic mass is 79.9. The van der Waals surface area contributed by atoms with Crippen LogP contribution in [0.15, 0.2) is 71.3 Å². The second-order valence-electron chi connectivity index (χ2n) is 8.00. The molecule has 0 radical (unpaired) electrons. The summed E-state index contributed by atoms with van der Waals surface area (Å²) in [5, 5.41) is 12.4. The van der Waals surface area contributed by atoms with Crippen LogP contribution < -0.4 is 9.47 Å². The number of rotatable bonds is 4. The Morgan fingerprint density at radius 3 is 2.42 bits per heavy atom. The fourth-order valence-electron chi connectivity index (χ4n) is 5.24. The van der Waals surface area contributed by atoms with E-state index in [1.807, 2.05) is 30.3 Å². The van der Waals surface area contributed by atoms with Gasteiger partial charge in [0.25, 0.3) is 0 Å². The number of aromatic nitrogens is 1. The lowest BCUT2D eigenvalue weighted by Crippen LogP contribution is -2.50. The molecule has 1 aliphatic carbocycles. The first kappa shape index (κ1) is 21.6. The molecule has 2 aliphatic rings. The maximum absolute atomic E-state index is 14.0. The van der Waals surface area contributed by atoms with Crippen LogP contribution in [0, 0.1) is 5.92 Å². The van der Waals surface area contributed by atoms with Gasteiger partial charge < -0.3 is 19.3 Å². The maximum atomic E-state index is 14.0. The predicted octanol–water partition coefficient (Wildman–Crippen LogP) is 3.48. The number of ether oxygens (including phenoxy) is 3. The van der Waals surface area contributed by atoms with Crippen molar-refractivity contribution >= 4 is 27.7 Å². The lowest BCUT2D eigenvalue weighted by molar-refractivity contribution is -0.155. The van der Waals surface area contributed by atoms with Gasteiger partial charge in [0.1, 0.15) is 11.7 Å². The predicted molar refractivity (Wildman–Crippen MR) is 121 cm³/mol. The zero-order chi connectivity index (χ0) is 23.4. The molecule has 3 aromatic rings. The van der Waals surface area contributed by atoms with Crippen LogP contribution in [0.5, 0.6) is 11.6 Å². The quantitative estimate of drug-likeness (QED) is 0.424. The van der Waals surface area contributed by atoms with Gasteiger partial charge in [-0.15, -0.1) is 0 Å². The first-order valence-electron chi connectivity index (χ1n) is 10.3. The highest BCUT2D eigenvalue weighted by molar-refractivity contribution is 9.10. The molecule has 168 valence electrons. The van der Waals surface area contributed by atoms with Crippen LogP contribution in [0.1, 0.15) is 22.6 Å². The number of carbonyl (C=O) groups excluding carboxylic acids is 2. The van der Waals surface area contributed by atoms with E-state index in [4.69, 9.17) is 14.2 Å². The molecule has 2 aromatic carbocycles. The SMILES string of the molecule is COC(=O)[C@H]1C(=O)[C@@]2(O)c3c(ccnc3OC)O[C@@]2(c2ccc(Br)cc2)[C@@H]1c1ccccc1. The van der Waals surface area contributed by atoms with Crippen molar-refractivity contribution in [2.24, 2.45) is 5.92 Å². The van der Waals surface area contributed by atoms with Crippen molar-refractivity contribution in [1.29, 1.82) is 0 Å². The summed E-state index contributed by atoms with van der Waals surface area (Å²) in [4.78, 5) is 31.3. The zero-order valence-electron chi connectivity index (χ0n) is 17.8. The molecule has 5 rings (SSSR count). The number of hydrogen-bond donors (Lipinski definition) is 1. The van der Waals surface area contributed by atoms with Crippen molar-refractivity contribution in [3.63, 3.8) is 0 Å². The third-order valence-corrected chi connectivity index (χ3v) is 7.07. The molecule has 4 atom stereocenters. The Hall–Kier alpha value is -3.23. The van der Waals surface area contributed by atoms with Gasteiger partial charge in [-0.1, -0.05) is 58.4 Å². The molecule has 1 saturated carbocycles. The van der Waals surface area contributed by atoms with Crippen LogP contribution >= 0.6 is 15.9 Å². The molecule has 0 spiro atoms. The molecule has 2 heterocycles. The van der Waals surface area contributed by atoms with Gasteiger partial charge in [0, 0.05) is 10.7 Å². The van der Waals surface area contributed by atoms with Gasteiger partial charge in [-0.05, 0) is 29.3 Å². The lowest BCUT2D eigenvalue weighted by Gasteiger charge is -2.39. The molecule has 0 saturated heterocycles. The Labute approximate surface area is 198 Å². The third kappa shape index (κ3) is 2.74. The Morgan fingerprint density at radius 2 is 1.79 bits per heavy atom. The van der Waals surface area contributed by atoms with Gasteiger partial charge in [-0.2, -0.15) is 0 Å². The molecule has 1 aromatic heterocycles. The van der Waals surface area contributed by atoms with Crippen LogP contribution in [0.2, 0.25) is 0 Å². The Morgan fingerprint density at radius 1 is 1.09 bits per heavy atom. The summed E-state index contributed by atoms with van der Waals surface area (Å²) in [6.07, 6.45) is 1.48. The van der Waals surface area contributed by atoms with E-state index in [0.717, 1.165) is 4.47 Å². The number of fused-ring (bicyclic) bond motifs is 3. The Bertz CT molecular complexity index is 1250. The minimum Gasteiger partial charge on any atom is -0.481 e. The molecule has 33 heavy (non-hydrogen) atoms. The Kier molecular flexibility index (Phi) is 5.02. The molecule has 1 aliphatic heterocycles. The van der Waals surface area contributed by atoms with Gasteiger partial charge in [0.2, 0.25) is 11.5 Å². The number of pyridine rings is 1. The normalized spacial score (nSPS) is 27.5. The van der Waals surface area contributed by atoms with Crippen LogP contribution in [0.25, 0.3) is 0 Å². The van der Waals surface area contributed by atoms with Crippen molar-refractivity contribution in [2.75, 3.05) is 14.2 Å². The van der Waals surface area contributed by atoms with Crippen molar-refractivity contribution in [1.82, 2.24) is 4.98 Å². The fraction of sp³-hybridized carbons (Fsp3) is 0.240. The summed E-state index contributed by atoms with van der Waals surface area (Å²) in [7, 11) is 2.62. The van der Waals surface area contributed by atoms with E-state index in [9.17, 15) is 14.7 Å². The maximum Gasteiger partial charge on any atom is 0.317 e. The Balaban J connectivity index is 1.90. The van der Waals surface area contributed by atoms with Gasteiger partial charge in [-0.3, -0.25) is 9.59 Å². The highest BCUT2D eigenvalue weighted by Crippen LogP contribution is 2.68. The standard InChI is InChI=1S/C25H20BrNO6/c1-31-22-20-17(12-13-27-22)33-25(15-8-10-16(26)11-9-15)19(14-6-4-3-5-7-14)18(23(29)32-2)21(28)24(20,25)30/h3-13,18-19,30H,1-2H3/t18-,19-,24+,25+/m1/s1. The second kappa shape index (κ2) is 7.67. The van der Waals surface area contributed by atoms with E-state index in [2.05, 4.69) is 20.9 Å². The van der Waals surface area contributed by atoms with E-state index in [-0.39, 0.29) is 17.2 Å². The molecular weight excluding hydrogens is 490 g/mol. The van der Waals surface area contributed by atoms with Gasteiger partial charge in [-0.25, -0.2) is 4.98 Å². The summed E-state index contributed by atoms with van der Waals surface area (Å²) >= 11 is 3.43. The number of Topliss-reactive ketones (excluding diaryl/α,β-unsaturated/α-hetero) is 1. The second-order valence-corrected chi connectivity index (χ2v) is 8.92. The number of aliphatic hydroxyl groups is 1.